The SMILES string of the molecule is Cc1nn2cccnc2c1C(=O)N[C@@H](C)c1cc2cccc(/C=C/c3cccnc3)c2c(=O)n1-c1ccccc1. The molecule has 0 saturated carbocycles. The van der Waals surface area contributed by atoms with E-state index in [0.717, 1.165) is 16.5 Å². The van der Waals surface area contributed by atoms with Gasteiger partial charge in [-0.25, -0.2) is 9.50 Å². The molecule has 1 atom stereocenters. The molecule has 0 aliphatic heterocycles. The minimum Gasteiger partial charge on any atom is -0.344 e. The predicted molar refractivity (Wildman–Crippen MR) is 156 cm³/mol. The molecule has 196 valence electrons. The van der Waals surface area contributed by atoms with Crippen molar-refractivity contribution >= 4 is 34.5 Å². The van der Waals surface area contributed by atoms with Gasteiger partial charge in [0.25, 0.3) is 11.5 Å². The van der Waals surface area contributed by atoms with Crippen LogP contribution in [0.3, 0.4) is 0 Å². The van der Waals surface area contributed by atoms with Crippen molar-refractivity contribution in [2.75, 3.05) is 0 Å². The van der Waals surface area contributed by atoms with E-state index >= 15 is 0 Å². The molecule has 4 aromatic heterocycles. The van der Waals surface area contributed by atoms with Gasteiger partial charge in [-0.3, -0.25) is 19.1 Å². The van der Waals surface area contributed by atoms with Crippen molar-refractivity contribution in [1.82, 2.24) is 29.5 Å². The van der Waals surface area contributed by atoms with Crippen molar-refractivity contribution in [3.63, 3.8) is 0 Å². The highest BCUT2D eigenvalue weighted by molar-refractivity contribution is 6.01. The van der Waals surface area contributed by atoms with Gasteiger partial charge in [0.2, 0.25) is 0 Å². The molecule has 4 heterocycles. The third kappa shape index (κ3) is 4.56. The number of para-hydroxylation sites is 1. The van der Waals surface area contributed by atoms with Gasteiger partial charge in [-0.05, 0) is 60.7 Å². The van der Waals surface area contributed by atoms with Crippen LogP contribution in [0.25, 0.3) is 34.3 Å². The summed E-state index contributed by atoms with van der Waals surface area (Å²) in [6.45, 7) is 3.66. The second-order valence-electron chi connectivity index (χ2n) is 9.52. The molecule has 8 heteroatoms. The number of pyridine rings is 2. The Bertz CT molecular complexity index is 1940. The summed E-state index contributed by atoms with van der Waals surface area (Å²) in [7, 11) is 0. The fraction of sp³-hybridized carbons (Fsp3) is 0.0938. The number of fused-ring (bicyclic) bond motifs is 2. The minimum absolute atomic E-state index is 0.167. The van der Waals surface area contributed by atoms with Crippen molar-refractivity contribution in [1.29, 1.82) is 0 Å². The van der Waals surface area contributed by atoms with Gasteiger partial charge in [0.05, 0.1) is 17.1 Å². The quantitative estimate of drug-likeness (QED) is 0.314. The molecule has 0 aliphatic carbocycles. The first-order valence-electron chi connectivity index (χ1n) is 12.9. The highest BCUT2D eigenvalue weighted by Crippen LogP contribution is 2.25. The maximum Gasteiger partial charge on any atom is 0.263 e. The number of rotatable bonds is 6. The second-order valence-corrected chi connectivity index (χ2v) is 9.52. The van der Waals surface area contributed by atoms with E-state index in [0.29, 0.717) is 33.7 Å². The van der Waals surface area contributed by atoms with Gasteiger partial charge in [0, 0.05) is 36.2 Å². The molecule has 1 amide bonds. The fourth-order valence-corrected chi connectivity index (χ4v) is 4.98. The number of nitrogens with zero attached hydrogens (tertiary/aromatic N) is 5. The maximum absolute atomic E-state index is 14.2. The number of aromatic nitrogens is 5. The van der Waals surface area contributed by atoms with Gasteiger partial charge in [0.15, 0.2) is 5.65 Å². The highest BCUT2D eigenvalue weighted by Gasteiger charge is 2.23. The minimum atomic E-state index is -0.502. The number of hydrogen-bond acceptors (Lipinski definition) is 5. The zero-order chi connectivity index (χ0) is 27.6. The molecule has 0 fully saturated rings. The summed E-state index contributed by atoms with van der Waals surface area (Å²) in [4.78, 5) is 36.2. The van der Waals surface area contributed by atoms with Gasteiger partial charge in [-0.2, -0.15) is 5.10 Å². The number of carbonyl (C=O) groups excluding carboxylic acids is 1. The lowest BCUT2D eigenvalue weighted by Gasteiger charge is -2.21. The number of hydrogen-bond donors (Lipinski definition) is 1. The van der Waals surface area contributed by atoms with Crippen molar-refractivity contribution in [2.24, 2.45) is 0 Å². The zero-order valence-electron chi connectivity index (χ0n) is 22.0. The van der Waals surface area contributed by atoms with Crippen molar-refractivity contribution < 1.29 is 4.79 Å². The Morgan fingerprint density at radius 3 is 2.62 bits per heavy atom. The lowest BCUT2D eigenvalue weighted by atomic mass is 10.0. The monoisotopic (exact) mass is 526 g/mol. The van der Waals surface area contributed by atoms with Gasteiger partial charge >= 0.3 is 0 Å². The number of amides is 1. The number of carbonyl (C=O) groups is 1. The first kappa shape index (κ1) is 24.9. The molecule has 6 aromatic rings. The van der Waals surface area contributed by atoms with Crippen LogP contribution in [0.2, 0.25) is 0 Å². The summed E-state index contributed by atoms with van der Waals surface area (Å²) in [5, 5.41) is 8.87. The second kappa shape index (κ2) is 10.4. The van der Waals surface area contributed by atoms with E-state index < -0.39 is 6.04 Å². The van der Waals surface area contributed by atoms with E-state index in [2.05, 4.69) is 20.4 Å². The van der Waals surface area contributed by atoms with E-state index in [1.165, 1.54) is 0 Å². The lowest BCUT2D eigenvalue weighted by Crippen LogP contribution is -2.32. The largest absolute Gasteiger partial charge is 0.344 e. The zero-order valence-corrected chi connectivity index (χ0v) is 22.0. The summed E-state index contributed by atoms with van der Waals surface area (Å²) in [6, 6.07) is 22.3. The van der Waals surface area contributed by atoms with Crippen molar-refractivity contribution in [2.45, 2.75) is 19.9 Å². The maximum atomic E-state index is 14.2. The number of nitrogens with one attached hydrogen (secondary N) is 1. The summed E-state index contributed by atoms with van der Waals surface area (Å²) in [5.41, 5.74) is 4.41. The first-order valence-corrected chi connectivity index (χ1v) is 12.9. The van der Waals surface area contributed by atoms with Crippen LogP contribution in [0.1, 0.15) is 45.8 Å². The molecule has 0 radical (unpaired) electrons. The summed E-state index contributed by atoms with van der Waals surface area (Å²) >= 11 is 0. The molecule has 8 nitrogen and oxygen atoms in total. The van der Waals surface area contributed by atoms with Gasteiger partial charge in [0.1, 0.15) is 5.56 Å². The first-order chi connectivity index (χ1) is 19.5. The Hall–Kier alpha value is -5.37. The number of benzene rings is 2. The predicted octanol–water partition coefficient (Wildman–Crippen LogP) is 5.40. The average Bonchev–Trinajstić information content (AvgIpc) is 3.32. The fourth-order valence-electron chi connectivity index (χ4n) is 4.98. The Morgan fingerprint density at radius 1 is 0.975 bits per heavy atom. The van der Waals surface area contributed by atoms with Gasteiger partial charge in [-0.1, -0.05) is 54.6 Å². The van der Waals surface area contributed by atoms with Crippen LogP contribution >= 0.6 is 0 Å². The molecule has 2 aromatic carbocycles. The molecule has 0 saturated heterocycles. The highest BCUT2D eigenvalue weighted by atomic mass is 16.2. The van der Waals surface area contributed by atoms with Crippen LogP contribution < -0.4 is 10.9 Å². The van der Waals surface area contributed by atoms with Crippen molar-refractivity contribution in [3.8, 4) is 5.69 Å². The van der Waals surface area contributed by atoms with E-state index in [1.807, 2.05) is 85.8 Å². The van der Waals surface area contributed by atoms with E-state index in [9.17, 15) is 9.59 Å². The Labute approximate surface area is 230 Å². The molecule has 0 aliphatic rings. The van der Waals surface area contributed by atoms with Crippen molar-refractivity contribution in [3.05, 3.63) is 136 Å². The van der Waals surface area contributed by atoms with Gasteiger partial charge in [-0.15, -0.1) is 0 Å². The molecular formula is C32H26N6O2. The molecule has 40 heavy (non-hydrogen) atoms. The third-order valence-electron chi connectivity index (χ3n) is 6.85. The van der Waals surface area contributed by atoms with Gasteiger partial charge < -0.3 is 5.32 Å². The van der Waals surface area contributed by atoms with Crippen LogP contribution in [0.5, 0.6) is 0 Å². The number of aryl methyl sites for hydroxylation is 1. The van der Waals surface area contributed by atoms with E-state index in [1.54, 1.807) is 46.9 Å². The average molecular weight is 527 g/mol. The molecule has 0 bridgehead atoms. The Kier molecular flexibility index (Phi) is 6.49. The van der Waals surface area contributed by atoms with Crippen LogP contribution in [-0.4, -0.2) is 30.1 Å². The normalized spacial score (nSPS) is 12.2. The lowest BCUT2D eigenvalue weighted by molar-refractivity contribution is 0.0939. The smallest absolute Gasteiger partial charge is 0.263 e. The summed E-state index contributed by atoms with van der Waals surface area (Å²) in [6.07, 6.45) is 10.8. The molecule has 6 rings (SSSR count). The Morgan fingerprint density at radius 2 is 1.82 bits per heavy atom. The van der Waals surface area contributed by atoms with Crippen LogP contribution in [-0.2, 0) is 0 Å². The molecule has 1 N–H and O–H groups in total. The topological polar surface area (TPSA) is 94.2 Å². The summed E-state index contributed by atoms with van der Waals surface area (Å²) in [5.74, 6) is -0.306. The van der Waals surface area contributed by atoms with Crippen LogP contribution in [0, 0.1) is 6.92 Å². The van der Waals surface area contributed by atoms with Crippen LogP contribution in [0.4, 0.5) is 0 Å². The van der Waals surface area contributed by atoms with E-state index in [-0.39, 0.29) is 11.5 Å². The molecule has 0 unspecified atom stereocenters. The third-order valence-corrected chi connectivity index (χ3v) is 6.85. The van der Waals surface area contributed by atoms with E-state index in [4.69, 9.17) is 0 Å². The van der Waals surface area contributed by atoms with Crippen LogP contribution in [0.15, 0.2) is 102 Å². The molecule has 0 spiro atoms. The standard InChI is InChI=1S/C32H26N6O2/c1-21(35-31(39)28-22(2)36-37-18-8-17-34-30(28)37)27-19-25-11-6-10-24(15-14-23-9-7-16-33-20-23)29(25)32(40)38(27)26-12-4-3-5-13-26/h3-21H,1-2H3,(H,35,39)/b15-14+/t21-/m0/s1. The molecular weight excluding hydrogens is 500 g/mol. The summed E-state index contributed by atoms with van der Waals surface area (Å²) < 4.78 is 3.27. The Balaban J connectivity index is 1.47.